The van der Waals surface area contributed by atoms with Crippen molar-refractivity contribution in [1.29, 1.82) is 0 Å². The molecule has 0 fully saturated rings. The van der Waals surface area contributed by atoms with Crippen molar-refractivity contribution in [2.45, 2.75) is 6.10 Å². The van der Waals surface area contributed by atoms with Crippen LogP contribution in [0.25, 0.3) is 0 Å². The largest absolute Gasteiger partial charge is 0.506 e. The average Bonchev–Trinajstić information content (AvgIpc) is 2.22. The van der Waals surface area contributed by atoms with E-state index >= 15 is 0 Å². The first kappa shape index (κ1) is 11.9. The van der Waals surface area contributed by atoms with Crippen LogP contribution in [0, 0.1) is 5.82 Å². The van der Waals surface area contributed by atoms with Crippen molar-refractivity contribution in [3.05, 3.63) is 28.0 Å². The number of hydrogen-bond donors (Lipinski definition) is 2. The van der Waals surface area contributed by atoms with E-state index in [1.807, 2.05) is 0 Å². The molecule has 0 radical (unpaired) electrons. The molecule has 0 bridgehead atoms. The van der Waals surface area contributed by atoms with Gasteiger partial charge in [0.05, 0.1) is 17.1 Å². The number of aliphatic hydroxyl groups excluding tert-OH is 1. The lowest BCUT2D eigenvalue weighted by atomic mass is 10.1. The Balaban J connectivity index is 3.24. The molecule has 15 heavy (non-hydrogen) atoms. The summed E-state index contributed by atoms with van der Waals surface area (Å²) in [5, 5.41) is 18.8. The number of esters is 1. The summed E-state index contributed by atoms with van der Waals surface area (Å²) in [7, 11) is 1.05. The second-order valence-electron chi connectivity index (χ2n) is 2.72. The van der Waals surface area contributed by atoms with Crippen molar-refractivity contribution in [3.8, 4) is 5.75 Å². The lowest BCUT2D eigenvalue weighted by molar-refractivity contribution is -0.151. The lowest BCUT2D eigenvalue weighted by Gasteiger charge is -2.12. The molecule has 1 atom stereocenters. The zero-order valence-corrected chi connectivity index (χ0v) is 9.28. The fraction of sp³-hybridized carbons (Fsp3) is 0.222. The van der Waals surface area contributed by atoms with Crippen LogP contribution in [0.5, 0.6) is 5.75 Å². The smallest absolute Gasteiger partial charge is 0.339 e. The molecule has 0 heterocycles. The van der Waals surface area contributed by atoms with Gasteiger partial charge in [-0.2, -0.15) is 0 Å². The number of carbonyl (C=O) groups excluding carboxylic acids is 1. The molecule has 4 nitrogen and oxygen atoms in total. The zero-order chi connectivity index (χ0) is 11.6. The van der Waals surface area contributed by atoms with Crippen molar-refractivity contribution in [1.82, 2.24) is 0 Å². The Bertz CT molecular complexity index is 394. The highest BCUT2D eigenvalue weighted by Crippen LogP contribution is 2.34. The van der Waals surface area contributed by atoms with Crippen LogP contribution >= 0.6 is 15.9 Å². The Kier molecular flexibility index (Phi) is 3.65. The van der Waals surface area contributed by atoms with Gasteiger partial charge in [-0.15, -0.1) is 0 Å². The van der Waals surface area contributed by atoms with Gasteiger partial charge in [-0.05, 0) is 28.1 Å². The van der Waals surface area contributed by atoms with E-state index in [0.717, 1.165) is 13.2 Å². The van der Waals surface area contributed by atoms with Crippen molar-refractivity contribution in [2.75, 3.05) is 7.11 Å². The molecule has 0 aromatic heterocycles. The summed E-state index contributed by atoms with van der Waals surface area (Å²) >= 11 is 2.94. The highest BCUT2D eigenvalue weighted by atomic mass is 79.9. The topological polar surface area (TPSA) is 66.8 Å². The van der Waals surface area contributed by atoms with Gasteiger partial charge in [0.1, 0.15) is 11.6 Å². The van der Waals surface area contributed by atoms with Gasteiger partial charge in [0, 0.05) is 0 Å². The molecule has 1 aromatic carbocycles. The van der Waals surface area contributed by atoms with E-state index in [4.69, 9.17) is 0 Å². The predicted octanol–water partition coefficient (Wildman–Crippen LogP) is 1.50. The Morgan fingerprint density at radius 3 is 2.73 bits per heavy atom. The number of aromatic hydroxyl groups is 1. The molecule has 0 spiro atoms. The van der Waals surface area contributed by atoms with Gasteiger partial charge in [0.25, 0.3) is 0 Å². The number of phenolic OH excluding ortho intramolecular Hbond substituents is 1. The molecule has 0 aliphatic carbocycles. The van der Waals surface area contributed by atoms with Crippen LogP contribution in [-0.4, -0.2) is 23.3 Å². The number of methoxy groups -OCH3 is 1. The minimum absolute atomic E-state index is 0.182. The molecule has 0 aliphatic rings. The molecule has 1 aromatic rings. The number of phenols is 1. The average molecular weight is 279 g/mol. The number of ether oxygens (including phenoxy) is 1. The van der Waals surface area contributed by atoms with Gasteiger partial charge in [0.15, 0.2) is 6.10 Å². The number of rotatable bonds is 2. The zero-order valence-electron chi connectivity index (χ0n) is 7.70. The quantitative estimate of drug-likeness (QED) is 0.805. The normalized spacial score (nSPS) is 12.3. The van der Waals surface area contributed by atoms with E-state index < -0.39 is 29.2 Å². The van der Waals surface area contributed by atoms with Crippen LogP contribution in [0.2, 0.25) is 0 Å². The molecular formula is C9H8BrFO4. The maximum atomic E-state index is 13.2. The standard InChI is InChI=1S/C9H8BrFO4/c1-15-9(14)8(13)6-5(11)3-2-4(10)7(6)12/h2-3,8,12-13H,1H3. The summed E-state index contributed by atoms with van der Waals surface area (Å²) in [6, 6.07) is 2.28. The van der Waals surface area contributed by atoms with Crippen LogP contribution in [0.15, 0.2) is 16.6 Å². The summed E-state index contributed by atoms with van der Waals surface area (Å²) < 4.78 is 17.6. The Morgan fingerprint density at radius 1 is 1.60 bits per heavy atom. The SMILES string of the molecule is COC(=O)C(O)c1c(F)ccc(Br)c1O. The summed E-state index contributed by atoms with van der Waals surface area (Å²) in [6.45, 7) is 0. The van der Waals surface area contributed by atoms with E-state index in [-0.39, 0.29) is 4.47 Å². The molecule has 82 valence electrons. The van der Waals surface area contributed by atoms with Crippen molar-refractivity contribution >= 4 is 21.9 Å². The third-order valence-corrected chi connectivity index (χ3v) is 2.45. The van der Waals surface area contributed by atoms with Gasteiger partial charge in [-0.3, -0.25) is 0 Å². The van der Waals surface area contributed by atoms with E-state index in [2.05, 4.69) is 20.7 Å². The fourth-order valence-electron chi connectivity index (χ4n) is 1.05. The van der Waals surface area contributed by atoms with Gasteiger partial charge < -0.3 is 14.9 Å². The molecule has 0 amide bonds. The molecule has 0 saturated heterocycles. The summed E-state index contributed by atoms with van der Waals surface area (Å²) in [6.07, 6.45) is -1.84. The van der Waals surface area contributed by atoms with Gasteiger partial charge in [0.2, 0.25) is 0 Å². The second kappa shape index (κ2) is 4.59. The molecular weight excluding hydrogens is 271 g/mol. The van der Waals surface area contributed by atoms with Gasteiger partial charge in [-0.1, -0.05) is 0 Å². The Morgan fingerprint density at radius 2 is 2.20 bits per heavy atom. The van der Waals surface area contributed by atoms with E-state index in [1.54, 1.807) is 0 Å². The van der Waals surface area contributed by atoms with Crippen molar-refractivity contribution in [2.24, 2.45) is 0 Å². The maximum Gasteiger partial charge on any atom is 0.339 e. The highest BCUT2D eigenvalue weighted by Gasteiger charge is 2.26. The van der Waals surface area contributed by atoms with Gasteiger partial charge in [-0.25, -0.2) is 9.18 Å². The number of carbonyl (C=O) groups is 1. The van der Waals surface area contributed by atoms with E-state index in [9.17, 15) is 19.4 Å². The fourth-order valence-corrected chi connectivity index (χ4v) is 1.39. The third kappa shape index (κ3) is 2.27. The summed E-state index contributed by atoms with van der Waals surface area (Å²) in [5.74, 6) is -2.44. The van der Waals surface area contributed by atoms with E-state index in [0.29, 0.717) is 0 Å². The Labute approximate surface area is 93.4 Å². The van der Waals surface area contributed by atoms with Crippen LogP contribution in [0.4, 0.5) is 4.39 Å². The molecule has 1 rings (SSSR count). The molecule has 2 N–H and O–H groups in total. The van der Waals surface area contributed by atoms with Gasteiger partial charge >= 0.3 is 5.97 Å². The van der Waals surface area contributed by atoms with E-state index in [1.165, 1.54) is 6.07 Å². The maximum absolute atomic E-state index is 13.2. The Hall–Kier alpha value is -1.14. The summed E-state index contributed by atoms with van der Waals surface area (Å²) in [4.78, 5) is 11.0. The minimum atomic E-state index is -1.84. The molecule has 6 heteroatoms. The predicted molar refractivity (Wildman–Crippen MR) is 52.7 cm³/mol. The minimum Gasteiger partial charge on any atom is -0.506 e. The number of aliphatic hydroxyl groups is 1. The number of halogens is 2. The molecule has 0 aliphatic heterocycles. The van der Waals surface area contributed by atoms with Crippen LogP contribution in [0.3, 0.4) is 0 Å². The molecule has 1 unspecified atom stereocenters. The first-order valence-electron chi connectivity index (χ1n) is 3.91. The monoisotopic (exact) mass is 278 g/mol. The molecule has 0 saturated carbocycles. The third-order valence-electron chi connectivity index (χ3n) is 1.81. The first-order chi connectivity index (χ1) is 6.99. The van der Waals surface area contributed by atoms with Crippen molar-refractivity contribution in [3.63, 3.8) is 0 Å². The highest BCUT2D eigenvalue weighted by molar-refractivity contribution is 9.10. The second-order valence-corrected chi connectivity index (χ2v) is 3.57. The first-order valence-corrected chi connectivity index (χ1v) is 4.71. The van der Waals surface area contributed by atoms with Crippen LogP contribution in [-0.2, 0) is 9.53 Å². The number of benzene rings is 1. The lowest BCUT2D eigenvalue weighted by Crippen LogP contribution is -2.15. The van der Waals surface area contributed by atoms with Crippen LogP contribution < -0.4 is 0 Å². The van der Waals surface area contributed by atoms with Crippen molar-refractivity contribution < 1.29 is 24.1 Å². The van der Waals surface area contributed by atoms with Crippen LogP contribution in [0.1, 0.15) is 11.7 Å². The summed E-state index contributed by atoms with van der Waals surface area (Å²) in [5.41, 5.74) is -0.503. The number of hydrogen-bond acceptors (Lipinski definition) is 4.